The van der Waals surface area contributed by atoms with Gasteiger partial charge >= 0.3 is 0 Å². The average Bonchev–Trinajstić information content (AvgIpc) is 2.82. The van der Waals surface area contributed by atoms with E-state index >= 15 is 0 Å². The maximum Gasteiger partial charge on any atom is 0.126 e. The fraction of sp³-hybridized carbons (Fsp3) is 0.250. The van der Waals surface area contributed by atoms with Gasteiger partial charge in [-0.3, -0.25) is 5.10 Å². The third-order valence-corrected chi connectivity index (χ3v) is 2.90. The topological polar surface area (TPSA) is 90.8 Å². The number of hydrogen-bond acceptors (Lipinski definition) is 5. The van der Waals surface area contributed by atoms with Gasteiger partial charge in [-0.2, -0.15) is 5.10 Å². The lowest BCUT2D eigenvalue weighted by molar-refractivity contribution is 1.10. The number of aromatic amines is 1. The molecule has 0 aliphatic rings. The summed E-state index contributed by atoms with van der Waals surface area (Å²) in [6.07, 6.45) is 1.73. The summed E-state index contributed by atoms with van der Waals surface area (Å²) < 4.78 is 0. The van der Waals surface area contributed by atoms with Crippen LogP contribution in [0.1, 0.15) is 0 Å². The standard InChI is InChI=1S/C12H18N6/c1-14-7-4-9(15-2)11(10(5-7)16-3)8-6-17-18-12(8)13/h4-6,14-16H,1-3H3,(H3,13,17,18). The molecule has 1 heterocycles. The first kappa shape index (κ1) is 12.1. The molecule has 0 saturated carbocycles. The van der Waals surface area contributed by atoms with Crippen molar-refractivity contribution >= 4 is 22.9 Å². The molecule has 0 aliphatic heterocycles. The minimum absolute atomic E-state index is 0.556. The van der Waals surface area contributed by atoms with E-state index in [4.69, 9.17) is 5.73 Å². The smallest absolute Gasteiger partial charge is 0.126 e. The van der Waals surface area contributed by atoms with Crippen LogP contribution in [0.3, 0.4) is 0 Å². The van der Waals surface area contributed by atoms with Crippen molar-refractivity contribution in [2.45, 2.75) is 0 Å². The molecule has 0 bridgehead atoms. The van der Waals surface area contributed by atoms with Crippen molar-refractivity contribution in [3.05, 3.63) is 18.3 Å². The Morgan fingerprint density at radius 3 is 2.06 bits per heavy atom. The lowest BCUT2D eigenvalue weighted by atomic mass is 10.0. The van der Waals surface area contributed by atoms with E-state index in [1.807, 2.05) is 33.3 Å². The Morgan fingerprint density at radius 2 is 1.67 bits per heavy atom. The Kier molecular flexibility index (Phi) is 3.27. The van der Waals surface area contributed by atoms with Crippen LogP contribution in [-0.4, -0.2) is 31.3 Å². The fourth-order valence-corrected chi connectivity index (χ4v) is 1.97. The molecule has 0 fully saturated rings. The SMILES string of the molecule is CNc1cc(NC)c(-c2cn[nH]c2N)c(NC)c1. The minimum atomic E-state index is 0.556. The molecule has 0 atom stereocenters. The van der Waals surface area contributed by atoms with Crippen LogP contribution in [0.5, 0.6) is 0 Å². The molecule has 0 saturated heterocycles. The molecule has 0 spiro atoms. The van der Waals surface area contributed by atoms with Crippen molar-refractivity contribution in [3.8, 4) is 11.1 Å². The highest BCUT2D eigenvalue weighted by Crippen LogP contribution is 2.39. The van der Waals surface area contributed by atoms with E-state index in [1.165, 1.54) is 0 Å². The second kappa shape index (κ2) is 4.87. The van der Waals surface area contributed by atoms with E-state index < -0.39 is 0 Å². The van der Waals surface area contributed by atoms with Gasteiger partial charge in [0.15, 0.2) is 0 Å². The van der Waals surface area contributed by atoms with E-state index in [1.54, 1.807) is 6.20 Å². The molecule has 0 amide bonds. The molecule has 0 radical (unpaired) electrons. The lowest BCUT2D eigenvalue weighted by Crippen LogP contribution is -2.01. The Morgan fingerprint density at radius 1 is 1.06 bits per heavy atom. The van der Waals surface area contributed by atoms with Crippen molar-refractivity contribution in [1.82, 2.24) is 10.2 Å². The monoisotopic (exact) mass is 246 g/mol. The predicted octanol–water partition coefficient (Wildman–Crippen LogP) is 1.78. The summed E-state index contributed by atoms with van der Waals surface area (Å²) in [4.78, 5) is 0. The van der Waals surface area contributed by atoms with Gasteiger partial charge in [0.05, 0.1) is 6.20 Å². The van der Waals surface area contributed by atoms with Crippen molar-refractivity contribution in [2.75, 3.05) is 42.8 Å². The highest BCUT2D eigenvalue weighted by molar-refractivity contribution is 5.94. The summed E-state index contributed by atoms with van der Waals surface area (Å²) in [6, 6.07) is 4.06. The second-order valence-corrected chi connectivity index (χ2v) is 3.89. The van der Waals surface area contributed by atoms with Gasteiger partial charge in [0, 0.05) is 49.3 Å². The molecular formula is C12H18N6. The van der Waals surface area contributed by atoms with Crippen LogP contribution in [0.15, 0.2) is 18.3 Å². The fourth-order valence-electron chi connectivity index (χ4n) is 1.97. The summed E-state index contributed by atoms with van der Waals surface area (Å²) in [6.45, 7) is 0. The van der Waals surface area contributed by atoms with E-state index in [2.05, 4.69) is 26.1 Å². The van der Waals surface area contributed by atoms with Crippen LogP contribution < -0.4 is 21.7 Å². The molecule has 6 heteroatoms. The van der Waals surface area contributed by atoms with E-state index in [9.17, 15) is 0 Å². The van der Waals surface area contributed by atoms with Gasteiger partial charge in [-0.05, 0) is 12.1 Å². The number of benzene rings is 1. The van der Waals surface area contributed by atoms with Crippen molar-refractivity contribution in [1.29, 1.82) is 0 Å². The maximum absolute atomic E-state index is 5.90. The van der Waals surface area contributed by atoms with Crippen LogP contribution >= 0.6 is 0 Å². The molecule has 1 aromatic carbocycles. The highest BCUT2D eigenvalue weighted by atomic mass is 15.1. The Bertz CT molecular complexity index is 520. The molecule has 6 nitrogen and oxygen atoms in total. The quantitative estimate of drug-likeness (QED) is 0.567. The van der Waals surface area contributed by atoms with Gasteiger partial charge in [0.1, 0.15) is 5.82 Å². The normalized spacial score (nSPS) is 10.2. The Labute approximate surface area is 106 Å². The number of nitrogen functional groups attached to an aromatic ring is 1. The predicted molar refractivity (Wildman–Crippen MR) is 77.1 cm³/mol. The Balaban J connectivity index is 2.68. The number of aromatic nitrogens is 2. The Hall–Kier alpha value is -2.37. The van der Waals surface area contributed by atoms with Gasteiger partial charge in [-0.25, -0.2) is 0 Å². The molecule has 6 N–H and O–H groups in total. The summed E-state index contributed by atoms with van der Waals surface area (Å²) >= 11 is 0. The molecule has 2 aromatic rings. The zero-order chi connectivity index (χ0) is 13.1. The van der Waals surface area contributed by atoms with Crippen molar-refractivity contribution in [2.24, 2.45) is 0 Å². The lowest BCUT2D eigenvalue weighted by Gasteiger charge is -2.16. The molecule has 2 rings (SSSR count). The van der Waals surface area contributed by atoms with Crippen LogP contribution in [0.4, 0.5) is 22.9 Å². The molecular weight excluding hydrogens is 228 g/mol. The zero-order valence-electron chi connectivity index (χ0n) is 10.8. The molecule has 0 aliphatic carbocycles. The van der Waals surface area contributed by atoms with Crippen LogP contribution in [-0.2, 0) is 0 Å². The van der Waals surface area contributed by atoms with Crippen LogP contribution in [0.2, 0.25) is 0 Å². The van der Waals surface area contributed by atoms with Gasteiger partial charge in [0.2, 0.25) is 0 Å². The van der Waals surface area contributed by atoms with Gasteiger partial charge in [-0.15, -0.1) is 0 Å². The number of hydrogen-bond donors (Lipinski definition) is 5. The van der Waals surface area contributed by atoms with E-state index in [-0.39, 0.29) is 0 Å². The minimum Gasteiger partial charge on any atom is -0.388 e. The highest BCUT2D eigenvalue weighted by Gasteiger charge is 2.15. The molecule has 96 valence electrons. The first-order valence-corrected chi connectivity index (χ1v) is 5.71. The van der Waals surface area contributed by atoms with Crippen LogP contribution in [0.25, 0.3) is 11.1 Å². The number of nitrogens with two attached hydrogens (primary N) is 1. The van der Waals surface area contributed by atoms with Crippen molar-refractivity contribution in [3.63, 3.8) is 0 Å². The summed E-state index contributed by atoms with van der Waals surface area (Å²) in [7, 11) is 5.65. The molecule has 18 heavy (non-hydrogen) atoms. The zero-order valence-corrected chi connectivity index (χ0v) is 10.8. The molecule has 0 unspecified atom stereocenters. The average molecular weight is 246 g/mol. The second-order valence-electron chi connectivity index (χ2n) is 3.89. The van der Waals surface area contributed by atoms with Crippen molar-refractivity contribution < 1.29 is 0 Å². The first-order chi connectivity index (χ1) is 8.71. The van der Waals surface area contributed by atoms with Crippen LogP contribution in [0, 0.1) is 0 Å². The summed E-state index contributed by atoms with van der Waals surface area (Å²) in [5.74, 6) is 0.556. The van der Waals surface area contributed by atoms with Gasteiger partial charge in [-0.1, -0.05) is 0 Å². The largest absolute Gasteiger partial charge is 0.388 e. The maximum atomic E-state index is 5.90. The van der Waals surface area contributed by atoms with Gasteiger partial charge in [0.25, 0.3) is 0 Å². The summed E-state index contributed by atoms with van der Waals surface area (Å²) in [5, 5.41) is 16.2. The number of anilines is 4. The number of nitrogens with one attached hydrogen (secondary N) is 4. The number of rotatable bonds is 4. The van der Waals surface area contributed by atoms with Gasteiger partial charge < -0.3 is 21.7 Å². The van der Waals surface area contributed by atoms with E-state index in [0.717, 1.165) is 28.2 Å². The van der Waals surface area contributed by atoms with E-state index in [0.29, 0.717) is 5.82 Å². The third-order valence-electron chi connectivity index (χ3n) is 2.90. The first-order valence-electron chi connectivity index (χ1n) is 5.71. The number of H-pyrrole nitrogens is 1. The summed E-state index contributed by atoms with van der Waals surface area (Å²) in [5.41, 5.74) is 10.8. The molecule has 1 aromatic heterocycles. The number of nitrogens with zero attached hydrogens (tertiary/aromatic N) is 1. The third kappa shape index (κ3) is 1.92.